The van der Waals surface area contributed by atoms with E-state index in [0.717, 1.165) is 10.0 Å². The van der Waals surface area contributed by atoms with E-state index in [2.05, 4.69) is 15.9 Å². The van der Waals surface area contributed by atoms with Crippen molar-refractivity contribution in [3.63, 3.8) is 0 Å². The zero-order chi connectivity index (χ0) is 14.0. The van der Waals surface area contributed by atoms with E-state index in [1.54, 1.807) is 31.4 Å². The zero-order valence-electron chi connectivity index (χ0n) is 10.2. The molecule has 2 nitrogen and oxygen atoms in total. The van der Waals surface area contributed by atoms with Gasteiger partial charge in [-0.1, -0.05) is 39.7 Å². The van der Waals surface area contributed by atoms with Crippen LogP contribution >= 0.6 is 27.5 Å². The van der Waals surface area contributed by atoms with Gasteiger partial charge >= 0.3 is 0 Å². The minimum Gasteiger partial charge on any atom is -0.497 e. The van der Waals surface area contributed by atoms with Crippen LogP contribution in [0.5, 0.6) is 5.75 Å². The molecule has 2 aromatic carbocycles. The van der Waals surface area contributed by atoms with Crippen molar-refractivity contribution in [1.82, 2.24) is 0 Å². The Labute approximate surface area is 124 Å². The fourth-order valence-electron chi connectivity index (χ4n) is 1.81. The molecule has 2 N–H and O–H groups in total. The highest BCUT2D eigenvalue weighted by Crippen LogP contribution is 2.31. The summed E-state index contributed by atoms with van der Waals surface area (Å²) in [5.41, 5.74) is 7.28. The molecule has 100 valence electrons. The van der Waals surface area contributed by atoms with E-state index in [4.69, 9.17) is 22.1 Å². The summed E-state index contributed by atoms with van der Waals surface area (Å²) in [5.74, 6) is 0.294. The van der Waals surface area contributed by atoms with Gasteiger partial charge in [0.2, 0.25) is 0 Å². The second-order valence-electron chi connectivity index (χ2n) is 4.03. The van der Waals surface area contributed by atoms with E-state index < -0.39 is 11.9 Å². The minimum absolute atomic E-state index is 0.349. The van der Waals surface area contributed by atoms with Gasteiger partial charge in [-0.15, -0.1) is 0 Å². The molecule has 0 aromatic heterocycles. The predicted octanol–water partition coefficient (Wildman–Crippen LogP) is 4.30. The maximum Gasteiger partial charge on any atom is 0.129 e. The van der Waals surface area contributed by atoms with Crippen LogP contribution in [0.2, 0.25) is 5.02 Å². The summed E-state index contributed by atoms with van der Waals surface area (Å²) in [4.78, 5) is 0. The van der Waals surface area contributed by atoms with Crippen LogP contribution in [0.1, 0.15) is 17.2 Å². The molecule has 1 atom stereocenters. The Bertz CT molecular complexity index is 606. The average molecular weight is 345 g/mol. The quantitative estimate of drug-likeness (QED) is 0.901. The molecular weight excluding hydrogens is 333 g/mol. The largest absolute Gasteiger partial charge is 0.497 e. The van der Waals surface area contributed by atoms with Crippen LogP contribution in [0.4, 0.5) is 4.39 Å². The number of nitrogens with two attached hydrogens (primary N) is 1. The molecule has 1 unspecified atom stereocenters. The molecule has 0 saturated heterocycles. The van der Waals surface area contributed by atoms with Gasteiger partial charge in [-0.3, -0.25) is 0 Å². The Hall–Kier alpha value is -1.10. The van der Waals surface area contributed by atoms with Crippen molar-refractivity contribution in [3.05, 3.63) is 62.8 Å². The van der Waals surface area contributed by atoms with Gasteiger partial charge in [0.1, 0.15) is 11.6 Å². The minimum atomic E-state index is -0.572. The first-order valence-electron chi connectivity index (χ1n) is 5.57. The topological polar surface area (TPSA) is 35.2 Å². The Kier molecular flexibility index (Phi) is 4.45. The highest BCUT2D eigenvalue weighted by molar-refractivity contribution is 9.10. The predicted molar refractivity (Wildman–Crippen MR) is 78.1 cm³/mol. The Morgan fingerprint density at radius 1 is 1.21 bits per heavy atom. The molecule has 19 heavy (non-hydrogen) atoms. The van der Waals surface area contributed by atoms with Crippen LogP contribution in [0.3, 0.4) is 0 Å². The number of hydrogen-bond acceptors (Lipinski definition) is 2. The third-order valence-electron chi connectivity index (χ3n) is 2.84. The lowest BCUT2D eigenvalue weighted by atomic mass is 9.99. The number of ether oxygens (including phenoxy) is 1. The van der Waals surface area contributed by atoms with Gasteiger partial charge in [0.15, 0.2) is 0 Å². The molecule has 0 radical (unpaired) electrons. The van der Waals surface area contributed by atoms with Gasteiger partial charge in [0.05, 0.1) is 13.2 Å². The normalized spacial score (nSPS) is 12.3. The van der Waals surface area contributed by atoms with Crippen LogP contribution in [-0.4, -0.2) is 7.11 Å². The van der Waals surface area contributed by atoms with Crippen molar-refractivity contribution in [2.75, 3.05) is 7.11 Å². The third kappa shape index (κ3) is 3.08. The molecule has 2 aromatic rings. The van der Waals surface area contributed by atoms with E-state index in [9.17, 15) is 4.39 Å². The van der Waals surface area contributed by atoms with Crippen molar-refractivity contribution in [2.45, 2.75) is 6.04 Å². The summed E-state index contributed by atoms with van der Waals surface area (Å²) in [6.07, 6.45) is 0. The first-order valence-corrected chi connectivity index (χ1v) is 6.74. The summed E-state index contributed by atoms with van der Waals surface area (Å²) in [6.45, 7) is 0. The summed E-state index contributed by atoms with van der Waals surface area (Å²) in [6, 6.07) is 9.29. The SMILES string of the molecule is COc1ccc(C(N)c2ccc(Cl)cc2F)c(Br)c1. The molecule has 0 aliphatic carbocycles. The second-order valence-corrected chi connectivity index (χ2v) is 5.32. The average Bonchev–Trinajstić information content (AvgIpc) is 2.37. The molecule has 0 aliphatic rings. The maximum absolute atomic E-state index is 13.9. The molecule has 5 heteroatoms. The third-order valence-corrected chi connectivity index (χ3v) is 3.76. The summed E-state index contributed by atoms with van der Waals surface area (Å²) >= 11 is 9.15. The van der Waals surface area contributed by atoms with Gasteiger partial charge in [-0.25, -0.2) is 4.39 Å². The van der Waals surface area contributed by atoms with E-state index >= 15 is 0 Å². The van der Waals surface area contributed by atoms with Gasteiger partial charge in [0, 0.05) is 15.1 Å². The molecule has 2 rings (SSSR count). The number of methoxy groups -OCH3 is 1. The van der Waals surface area contributed by atoms with Gasteiger partial charge in [0.25, 0.3) is 0 Å². The second kappa shape index (κ2) is 5.90. The first kappa shape index (κ1) is 14.3. The fraction of sp³-hybridized carbons (Fsp3) is 0.143. The van der Waals surface area contributed by atoms with Crippen LogP contribution in [0.15, 0.2) is 40.9 Å². The zero-order valence-corrected chi connectivity index (χ0v) is 12.5. The van der Waals surface area contributed by atoms with Crippen LogP contribution < -0.4 is 10.5 Å². The fourth-order valence-corrected chi connectivity index (χ4v) is 2.57. The lowest BCUT2D eigenvalue weighted by molar-refractivity contribution is 0.414. The molecule has 0 saturated carbocycles. The Morgan fingerprint density at radius 3 is 2.47 bits per heavy atom. The van der Waals surface area contributed by atoms with E-state index in [0.29, 0.717) is 16.3 Å². The molecule has 0 amide bonds. The van der Waals surface area contributed by atoms with Crippen molar-refractivity contribution in [1.29, 1.82) is 0 Å². The van der Waals surface area contributed by atoms with E-state index in [-0.39, 0.29) is 0 Å². The number of benzene rings is 2. The monoisotopic (exact) mass is 343 g/mol. The molecule has 0 fully saturated rings. The molecule has 0 bridgehead atoms. The summed E-state index contributed by atoms with van der Waals surface area (Å²) in [7, 11) is 1.58. The van der Waals surface area contributed by atoms with E-state index in [1.807, 2.05) is 6.07 Å². The van der Waals surface area contributed by atoms with Crippen LogP contribution in [0, 0.1) is 5.82 Å². The van der Waals surface area contributed by atoms with E-state index in [1.165, 1.54) is 6.07 Å². The van der Waals surface area contributed by atoms with Crippen molar-refractivity contribution in [3.8, 4) is 5.75 Å². The van der Waals surface area contributed by atoms with Gasteiger partial charge in [-0.2, -0.15) is 0 Å². The number of halogens is 3. The van der Waals surface area contributed by atoms with Gasteiger partial charge in [-0.05, 0) is 29.8 Å². The molecule has 0 aliphatic heterocycles. The first-order chi connectivity index (χ1) is 9.02. The standard InChI is InChI=1S/C14H12BrClFNO/c1-19-9-3-5-10(12(15)7-9)14(18)11-4-2-8(16)6-13(11)17/h2-7,14H,18H2,1H3. The Morgan fingerprint density at radius 2 is 1.89 bits per heavy atom. The van der Waals surface area contributed by atoms with Gasteiger partial charge < -0.3 is 10.5 Å². The highest BCUT2D eigenvalue weighted by atomic mass is 79.9. The lowest BCUT2D eigenvalue weighted by Crippen LogP contribution is -2.14. The number of hydrogen-bond donors (Lipinski definition) is 1. The summed E-state index contributed by atoms with van der Waals surface area (Å²) in [5, 5.41) is 0.349. The smallest absolute Gasteiger partial charge is 0.129 e. The maximum atomic E-state index is 13.9. The Balaban J connectivity index is 2.41. The molecule has 0 heterocycles. The molecular formula is C14H12BrClFNO. The van der Waals surface area contributed by atoms with Crippen molar-refractivity contribution >= 4 is 27.5 Å². The lowest BCUT2D eigenvalue weighted by Gasteiger charge is -2.16. The van der Waals surface area contributed by atoms with Crippen molar-refractivity contribution in [2.24, 2.45) is 5.73 Å². The van der Waals surface area contributed by atoms with Crippen LogP contribution in [-0.2, 0) is 0 Å². The summed E-state index contributed by atoms with van der Waals surface area (Å²) < 4.78 is 19.7. The highest BCUT2D eigenvalue weighted by Gasteiger charge is 2.16. The molecule has 0 spiro atoms. The van der Waals surface area contributed by atoms with Crippen LogP contribution in [0.25, 0.3) is 0 Å². The van der Waals surface area contributed by atoms with Crippen molar-refractivity contribution < 1.29 is 9.13 Å². The number of rotatable bonds is 3.